The number of carbonyl (C=O) groups excluding carboxylic acids is 2. The van der Waals surface area contributed by atoms with Crippen molar-refractivity contribution in [2.45, 2.75) is 13.8 Å². The number of nitrogens with one attached hydrogen (secondary N) is 1. The van der Waals surface area contributed by atoms with E-state index in [1.807, 2.05) is 32.0 Å². The van der Waals surface area contributed by atoms with Gasteiger partial charge in [-0.1, -0.05) is 24.3 Å². The number of hydrogen-bond acceptors (Lipinski definition) is 5. The highest BCUT2D eigenvalue weighted by atomic mass is 16.6. The Morgan fingerprint density at radius 1 is 0.969 bits per heavy atom. The molecule has 0 aliphatic carbocycles. The summed E-state index contributed by atoms with van der Waals surface area (Å²) in [5.74, 6) is -0.922. The van der Waals surface area contributed by atoms with Crippen molar-refractivity contribution < 1.29 is 14.5 Å². The van der Waals surface area contributed by atoms with Crippen LogP contribution < -0.4 is 11.1 Å². The van der Waals surface area contributed by atoms with E-state index in [2.05, 4.69) is 5.32 Å². The minimum atomic E-state index is -0.539. The van der Waals surface area contributed by atoms with Gasteiger partial charge in [0.25, 0.3) is 17.5 Å². The first-order valence-electron chi connectivity index (χ1n) is 9.84. The Labute approximate surface area is 183 Å². The molecule has 0 saturated heterocycles. The number of non-ortho nitro benzene ring substituents is 1. The Hall–Kier alpha value is -4.46. The summed E-state index contributed by atoms with van der Waals surface area (Å²) in [7, 11) is 0. The molecule has 4 aromatic rings. The number of benzene rings is 3. The van der Waals surface area contributed by atoms with Crippen LogP contribution in [0.15, 0.2) is 66.7 Å². The molecule has 0 fully saturated rings. The van der Waals surface area contributed by atoms with Crippen molar-refractivity contribution in [3.8, 4) is 0 Å². The Bertz CT molecular complexity index is 1370. The molecule has 1 heterocycles. The van der Waals surface area contributed by atoms with E-state index in [4.69, 9.17) is 5.73 Å². The molecule has 4 rings (SSSR count). The minimum Gasteiger partial charge on any atom is -0.384 e. The molecule has 3 N–H and O–H groups in total. The first-order chi connectivity index (χ1) is 15.3. The lowest BCUT2D eigenvalue weighted by atomic mass is 10.1. The van der Waals surface area contributed by atoms with E-state index in [0.29, 0.717) is 16.6 Å². The first-order valence-corrected chi connectivity index (χ1v) is 9.84. The summed E-state index contributed by atoms with van der Waals surface area (Å²) in [6, 6.07) is 17.9. The molecular formula is C24H20N4O4. The van der Waals surface area contributed by atoms with E-state index in [1.165, 1.54) is 28.8 Å². The van der Waals surface area contributed by atoms with Crippen LogP contribution in [0.25, 0.3) is 10.9 Å². The molecule has 8 nitrogen and oxygen atoms in total. The number of anilines is 2. The van der Waals surface area contributed by atoms with Gasteiger partial charge in [-0.15, -0.1) is 0 Å². The van der Waals surface area contributed by atoms with Gasteiger partial charge in [-0.2, -0.15) is 0 Å². The number of para-hydroxylation sites is 1. The van der Waals surface area contributed by atoms with Crippen molar-refractivity contribution in [3.05, 3.63) is 99.1 Å². The van der Waals surface area contributed by atoms with Gasteiger partial charge in [0.2, 0.25) is 0 Å². The lowest BCUT2D eigenvalue weighted by Crippen LogP contribution is -2.18. The fourth-order valence-electron chi connectivity index (χ4n) is 3.81. The highest BCUT2D eigenvalue weighted by Gasteiger charge is 2.25. The van der Waals surface area contributed by atoms with Gasteiger partial charge >= 0.3 is 0 Å². The lowest BCUT2D eigenvalue weighted by Gasteiger charge is -2.09. The van der Waals surface area contributed by atoms with Crippen LogP contribution in [0.4, 0.5) is 17.2 Å². The molecule has 0 spiro atoms. The average Bonchev–Trinajstić information content (AvgIpc) is 3.04. The van der Waals surface area contributed by atoms with Gasteiger partial charge in [0.15, 0.2) is 0 Å². The Morgan fingerprint density at radius 2 is 1.59 bits per heavy atom. The number of carbonyl (C=O) groups is 2. The standard InChI is InChI=1S/C24H20N4O4/c1-14-11-15(2)13-17(12-14)26-23(29)21-19-5-3-4-6-20(19)27(22(21)25)24(30)16-7-9-18(10-8-16)28(31)32/h3-13H,25H2,1-2H3,(H,26,29). The van der Waals surface area contributed by atoms with Crippen molar-refractivity contribution in [2.75, 3.05) is 11.1 Å². The molecule has 0 aliphatic rings. The quantitative estimate of drug-likeness (QED) is 0.361. The number of amides is 1. The van der Waals surface area contributed by atoms with Gasteiger partial charge in [-0.25, -0.2) is 0 Å². The van der Waals surface area contributed by atoms with E-state index in [1.54, 1.807) is 24.3 Å². The van der Waals surface area contributed by atoms with E-state index in [0.717, 1.165) is 11.1 Å². The number of rotatable bonds is 4. The molecule has 0 aliphatic heterocycles. The van der Waals surface area contributed by atoms with E-state index >= 15 is 0 Å². The number of aryl methyl sites for hydroxylation is 2. The number of aromatic nitrogens is 1. The molecule has 0 bridgehead atoms. The van der Waals surface area contributed by atoms with Crippen molar-refractivity contribution in [3.63, 3.8) is 0 Å². The zero-order valence-corrected chi connectivity index (χ0v) is 17.5. The zero-order valence-electron chi connectivity index (χ0n) is 17.5. The molecule has 0 radical (unpaired) electrons. The largest absolute Gasteiger partial charge is 0.384 e. The van der Waals surface area contributed by atoms with Crippen LogP contribution in [0.5, 0.6) is 0 Å². The SMILES string of the molecule is Cc1cc(C)cc(NC(=O)c2c(N)n(C(=O)c3ccc([N+](=O)[O-])cc3)c3ccccc23)c1. The number of hydrogen-bond donors (Lipinski definition) is 2. The van der Waals surface area contributed by atoms with Crippen LogP contribution in [0, 0.1) is 24.0 Å². The minimum absolute atomic E-state index is 0.00331. The monoisotopic (exact) mass is 428 g/mol. The van der Waals surface area contributed by atoms with Gasteiger partial charge in [0.05, 0.1) is 16.0 Å². The molecule has 32 heavy (non-hydrogen) atoms. The molecular weight excluding hydrogens is 408 g/mol. The zero-order chi connectivity index (χ0) is 23.0. The predicted octanol–water partition coefficient (Wildman–Crippen LogP) is 4.69. The first kappa shape index (κ1) is 20.8. The summed E-state index contributed by atoms with van der Waals surface area (Å²) in [6.07, 6.45) is 0. The van der Waals surface area contributed by atoms with E-state index in [-0.39, 0.29) is 22.6 Å². The highest BCUT2D eigenvalue weighted by molar-refractivity contribution is 6.20. The Morgan fingerprint density at radius 3 is 2.22 bits per heavy atom. The summed E-state index contributed by atoms with van der Waals surface area (Å²) in [5, 5.41) is 14.3. The summed E-state index contributed by atoms with van der Waals surface area (Å²) >= 11 is 0. The average molecular weight is 428 g/mol. The number of nitrogens with zero attached hydrogens (tertiary/aromatic N) is 2. The molecule has 8 heteroatoms. The molecule has 1 amide bonds. The van der Waals surface area contributed by atoms with Crippen LogP contribution >= 0.6 is 0 Å². The van der Waals surface area contributed by atoms with Crippen molar-refractivity contribution in [1.29, 1.82) is 0 Å². The van der Waals surface area contributed by atoms with Crippen LogP contribution in [-0.4, -0.2) is 21.3 Å². The van der Waals surface area contributed by atoms with Crippen molar-refractivity contribution in [2.24, 2.45) is 0 Å². The number of fused-ring (bicyclic) bond motifs is 1. The summed E-state index contributed by atoms with van der Waals surface area (Å²) in [6.45, 7) is 3.87. The maximum atomic E-state index is 13.2. The van der Waals surface area contributed by atoms with Gasteiger partial charge in [0, 0.05) is 28.8 Å². The maximum absolute atomic E-state index is 13.2. The Kier molecular flexibility index (Phi) is 5.19. The van der Waals surface area contributed by atoms with E-state index < -0.39 is 16.7 Å². The highest BCUT2D eigenvalue weighted by Crippen LogP contribution is 2.30. The van der Waals surface area contributed by atoms with Gasteiger partial charge < -0.3 is 11.1 Å². The number of nitro groups is 1. The van der Waals surface area contributed by atoms with Gasteiger partial charge in [0.1, 0.15) is 5.82 Å². The molecule has 160 valence electrons. The maximum Gasteiger partial charge on any atom is 0.269 e. The topological polar surface area (TPSA) is 120 Å². The summed E-state index contributed by atoms with van der Waals surface area (Å²) < 4.78 is 1.26. The third kappa shape index (κ3) is 3.69. The van der Waals surface area contributed by atoms with Gasteiger partial charge in [-0.3, -0.25) is 24.3 Å². The Balaban J connectivity index is 1.78. The molecule has 0 atom stereocenters. The van der Waals surface area contributed by atoms with Crippen molar-refractivity contribution >= 4 is 39.9 Å². The predicted molar refractivity (Wildman–Crippen MR) is 123 cm³/mol. The fraction of sp³-hybridized carbons (Fsp3) is 0.0833. The van der Waals surface area contributed by atoms with Crippen LogP contribution in [0.2, 0.25) is 0 Å². The third-order valence-corrected chi connectivity index (χ3v) is 5.15. The van der Waals surface area contributed by atoms with Crippen LogP contribution in [0.3, 0.4) is 0 Å². The second-order valence-corrected chi connectivity index (χ2v) is 7.55. The van der Waals surface area contributed by atoms with Crippen LogP contribution in [0.1, 0.15) is 31.8 Å². The number of nitrogen functional groups attached to an aromatic ring is 1. The molecule has 1 aromatic heterocycles. The molecule has 0 saturated carbocycles. The summed E-state index contributed by atoms with van der Waals surface area (Å²) in [5.41, 5.74) is 9.71. The lowest BCUT2D eigenvalue weighted by molar-refractivity contribution is -0.384. The van der Waals surface area contributed by atoms with E-state index in [9.17, 15) is 19.7 Å². The number of nitro benzene ring substituents is 1. The smallest absolute Gasteiger partial charge is 0.269 e. The van der Waals surface area contributed by atoms with Crippen molar-refractivity contribution in [1.82, 2.24) is 4.57 Å². The summed E-state index contributed by atoms with van der Waals surface area (Å²) in [4.78, 5) is 36.8. The molecule has 0 unspecified atom stereocenters. The fourth-order valence-corrected chi connectivity index (χ4v) is 3.81. The molecule has 3 aromatic carbocycles. The second kappa shape index (κ2) is 7.99. The second-order valence-electron chi connectivity index (χ2n) is 7.55. The van der Waals surface area contributed by atoms with Gasteiger partial charge in [-0.05, 0) is 55.3 Å². The normalized spacial score (nSPS) is 10.8. The van der Waals surface area contributed by atoms with Crippen LogP contribution in [-0.2, 0) is 0 Å². The number of nitrogens with two attached hydrogens (primary N) is 1. The third-order valence-electron chi connectivity index (χ3n) is 5.15.